The van der Waals surface area contributed by atoms with E-state index in [1.54, 1.807) is 11.3 Å². The number of thiazole rings is 1. The Labute approximate surface area is 198 Å². The molecule has 3 aromatic rings. The highest BCUT2D eigenvalue weighted by Gasteiger charge is 2.54. The van der Waals surface area contributed by atoms with Crippen LogP contribution in [0.4, 0.5) is 0 Å². The van der Waals surface area contributed by atoms with E-state index in [4.69, 9.17) is 0 Å². The minimum absolute atomic E-state index is 0.0183. The Hall–Kier alpha value is -2.99. The van der Waals surface area contributed by atoms with Crippen molar-refractivity contribution in [3.8, 4) is 10.4 Å². The van der Waals surface area contributed by atoms with Gasteiger partial charge in [0.2, 0.25) is 0 Å². The molecule has 3 atom stereocenters. The van der Waals surface area contributed by atoms with E-state index < -0.39 is 0 Å². The van der Waals surface area contributed by atoms with Gasteiger partial charge in [0.15, 0.2) is 0 Å². The maximum Gasteiger partial charge on any atom is 0.274 e. The maximum absolute atomic E-state index is 13.7. The molecule has 6 heteroatoms. The minimum atomic E-state index is -0.0803. The van der Waals surface area contributed by atoms with Crippen LogP contribution in [0.1, 0.15) is 49.0 Å². The summed E-state index contributed by atoms with van der Waals surface area (Å²) in [7, 11) is 0. The summed E-state index contributed by atoms with van der Waals surface area (Å²) >= 11 is 1.57. The van der Waals surface area contributed by atoms with E-state index in [9.17, 15) is 9.59 Å². The van der Waals surface area contributed by atoms with Crippen molar-refractivity contribution in [2.45, 2.75) is 40.2 Å². The molecule has 1 aliphatic heterocycles. The molecule has 0 radical (unpaired) electrons. The van der Waals surface area contributed by atoms with Gasteiger partial charge in [0.25, 0.3) is 11.8 Å². The third-order valence-electron chi connectivity index (χ3n) is 6.74. The Balaban J connectivity index is 1.35. The van der Waals surface area contributed by atoms with Crippen LogP contribution in [0.25, 0.3) is 10.4 Å². The summed E-state index contributed by atoms with van der Waals surface area (Å²) < 4.78 is 0. The van der Waals surface area contributed by atoms with Gasteiger partial charge in [-0.1, -0.05) is 47.0 Å². The summed E-state index contributed by atoms with van der Waals surface area (Å²) in [6.45, 7) is 9.22. The Morgan fingerprint density at radius 2 is 1.82 bits per heavy atom. The van der Waals surface area contributed by atoms with E-state index in [-0.39, 0.29) is 17.9 Å². The summed E-state index contributed by atoms with van der Waals surface area (Å²) in [6, 6.07) is 14.1. The first-order valence-electron chi connectivity index (χ1n) is 11.5. The van der Waals surface area contributed by atoms with E-state index in [0.717, 1.165) is 45.1 Å². The highest BCUT2D eigenvalue weighted by molar-refractivity contribution is 7.15. The van der Waals surface area contributed by atoms with Crippen LogP contribution in [0.3, 0.4) is 0 Å². The second-order valence-electron chi connectivity index (χ2n) is 9.55. The highest BCUT2D eigenvalue weighted by Crippen LogP contribution is 2.50. The van der Waals surface area contributed by atoms with Gasteiger partial charge in [-0.25, -0.2) is 4.98 Å². The molecule has 33 heavy (non-hydrogen) atoms. The van der Waals surface area contributed by atoms with Crippen molar-refractivity contribution in [2.75, 3.05) is 13.1 Å². The molecular weight excluding hydrogens is 430 g/mol. The van der Waals surface area contributed by atoms with Gasteiger partial charge in [0.05, 0.1) is 15.9 Å². The van der Waals surface area contributed by atoms with Crippen molar-refractivity contribution >= 4 is 23.2 Å². The van der Waals surface area contributed by atoms with Crippen molar-refractivity contribution in [1.82, 2.24) is 15.2 Å². The summed E-state index contributed by atoms with van der Waals surface area (Å²) in [5.41, 5.74) is 5.55. The van der Waals surface area contributed by atoms with E-state index in [1.807, 2.05) is 49.9 Å². The van der Waals surface area contributed by atoms with Crippen LogP contribution in [-0.2, 0) is 0 Å². The molecule has 1 aliphatic carbocycles. The van der Waals surface area contributed by atoms with Crippen LogP contribution < -0.4 is 5.32 Å². The molecule has 0 spiro atoms. The number of aryl methyl sites for hydroxylation is 4. The van der Waals surface area contributed by atoms with Crippen LogP contribution in [0, 0.1) is 39.5 Å². The first-order valence-corrected chi connectivity index (χ1v) is 12.3. The number of fused-ring (bicyclic) bond motifs is 1. The predicted molar refractivity (Wildman–Crippen MR) is 132 cm³/mol. The van der Waals surface area contributed by atoms with Crippen LogP contribution in [0.5, 0.6) is 0 Å². The number of benzene rings is 2. The molecule has 1 aromatic heterocycles. The summed E-state index contributed by atoms with van der Waals surface area (Å²) in [5.74, 6) is 0.909. The predicted octanol–water partition coefficient (Wildman–Crippen LogP) is 4.93. The number of nitrogens with one attached hydrogen (secondary N) is 1. The second kappa shape index (κ2) is 8.41. The zero-order valence-corrected chi connectivity index (χ0v) is 20.3. The van der Waals surface area contributed by atoms with Crippen molar-refractivity contribution in [3.63, 3.8) is 0 Å². The van der Waals surface area contributed by atoms with Gasteiger partial charge in [-0.2, -0.15) is 0 Å². The van der Waals surface area contributed by atoms with Crippen LogP contribution in [-0.4, -0.2) is 40.8 Å². The first kappa shape index (κ1) is 21.8. The molecule has 1 saturated heterocycles. The summed E-state index contributed by atoms with van der Waals surface area (Å²) in [5, 5.41) is 3.98. The quantitative estimate of drug-likeness (QED) is 0.588. The topological polar surface area (TPSA) is 62.3 Å². The zero-order valence-electron chi connectivity index (χ0n) is 19.5. The van der Waals surface area contributed by atoms with E-state index in [1.165, 1.54) is 0 Å². The number of carbonyl (C=O) groups excluding carboxylic acids is 2. The fourth-order valence-corrected chi connectivity index (χ4v) is 6.07. The number of nitrogens with zero attached hydrogens (tertiary/aromatic N) is 2. The fraction of sp³-hybridized carbons (Fsp3) is 0.370. The van der Waals surface area contributed by atoms with E-state index in [0.29, 0.717) is 29.6 Å². The average molecular weight is 460 g/mol. The molecule has 2 heterocycles. The molecular formula is C27H29N3O2S. The van der Waals surface area contributed by atoms with Crippen LogP contribution >= 0.6 is 11.3 Å². The first-order chi connectivity index (χ1) is 15.8. The number of aromatic nitrogens is 1. The van der Waals surface area contributed by atoms with Crippen LogP contribution in [0.2, 0.25) is 0 Å². The number of carbonyl (C=O) groups is 2. The van der Waals surface area contributed by atoms with E-state index in [2.05, 4.69) is 35.4 Å². The molecule has 2 aliphatic rings. The lowest BCUT2D eigenvalue weighted by Gasteiger charge is -2.27. The Morgan fingerprint density at radius 1 is 1.06 bits per heavy atom. The maximum atomic E-state index is 13.7. The third-order valence-corrected chi connectivity index (χ3v) is 7.76. The fourth-order valence-electron chi connectivity index (χ4n) is 5.16. The van der Waals surface area contributed by atoms with Crippen molar-refractivity contribution in [2.24, 2.45) is 11.8 Å². The Morgan fingerprint density at radius 3 is 2.55 bits per heavy atom. The number of hydrogen-bond acceptors (Lipinski definition) is 4. The lowest BCUT2D eigenvalue weighted by atomic mass is 10.1. The third kappa shape index (κ3) is 4.32. The van der Waals surface area contributed by atoms with Gasteiger partial charge in [-0.15, -0.1) is 11.3 Å². The van der Waals surface area contributed by atoms with Gasteiger partial charge in [0.1, 0.15) is 5.69 Å². The van der Waals surface area contributed by atoms with Crippen LogP contribution in [0.15, 0.2) is 42.5 Å². The standard InChI is InChI=1S/C27H29N3O2S/c1-15-6-5-7-19(9-15)25-24(29-18(4)33-25)27(32)30-14-21-12-22(21)23(30)13-28-26(31)20-10-16(2)8-17(3)11-20/h5-11,21-23H,12-14H2,1-4H3,(H,28,31)/t21-,22?,23-/m1/s1. The van der Waals surface area contributed by atoms with E-state index >= 15 is 0 Å². The van der Waals surface area contributed by atoms with Gasteiger partial charge in [-0.3, -0.25) is 9.59 Å². The minimum Gasteiger partial charge on any atom is -0.350 e. The highest BCUT2D eigenvalue weighted by atomic mass is 32.1. The second-order valence-corrected chi connectivity index (χ2v) is 10.8. The van der Waals surface area contributed by atoms with Gasteiger partial charge < -0.3 is 10.2 Å². The number of rotatable bonds is 5. The molecule has 0 bridgehead atoms. The van der Waals surface area contributed by atoms with Gasteiger partial charge >= 0.3 is 0 Å². The Bertz CT molecular complexity index is 1230. The molecule has 2 aromatic carbocycles. The number of piperidine rings is 1. The molecule has 1 N–H and O–H groups in total. The molecule has 2 amide bonds. The largest absolute Gasteiger partial charge is 0.350 e. The van der Waals surface area contributed by atoms with Crippen molar-refractivity contribution in [1.29, 1.82) is 0 Å². The average Bonchev–Trinajstić information content (AvgIpc) is 3.28. The lowest BCUT2D eigenvalue weighted by molar-refractivity contribution is 0.0690. The molecule has 1 saturated carbocycles. The molecule has 170 valence electrons. The summed E-state index contributed by atoms with van der Waals surface area (Å²) in [6.07, 6.45) is 1.13. The number of hydrogen-bond donors (Lipinski definition) is 1. The molecule has 5 nitrogen and oxygen atoms in total. The zero-order chi connectivity index (χ0) is 23.3. The smallest absolute Gasteiger partial charge is 0.274 e. The molecule has 5 rings (SSSR count). The Kier molecular flexibility index (Phi) is 5.57. The van der Waals surface area contributed by atoms with Crippen molar-refractivity contribution < 1.29 is 9.59 Å². The normalized spacial score (nSPS) is 21.1. The van der Waals surface area contributed by atoms with Gasteiger partial charge in [0, 0.05) is 18.7 Å². The lowest BCUT2D eigenvalue weighted by Crippen LogP contribution is -2.45. The number of likely N-dealkylation sites (tertiary alicyclic amines) is 1. The monoisotopic (exact) mass is 459 g/mol. The number of amides is 2. The SMILES string of the molecule is Cc1cc(C)cc(C(=O)NC[C@@H]2C3C[C@@H]3CN2C(=O)c2nc(C)sc2-c2cccc(C)c2)c1. The van der Waals surface area contributed by atoms with Gasteiger partial charge in [-0.05, 0) is 63.6 Å². The molecule has 1 unspecified atom stereocenters. The van der Waals surface area contributed by atoms with Crippen molar-refractivity contribution in [3.05, 3.63) is 75.4 Å². The summed E-state index contributed by atoms with van der Waals surface area (Å²) in [4.78, 5) is 34.0. The molecule has 2 fully saturated rings.